The standard InChI is InChI=1S/C9H11I/c1-3-8-6-4-5-7(2)9(8)10/h4-6H,3H2,1-2H3. The van der Waals surface area contributed by atoms with Gasteiger partial charge in [-0.15, -0.1) is 0 Å². The first kappa shape index (κ1) is 8.05. The van der Waals surface area contributed by atoms with Crippen molar-refractivity contribution in [3.63, 3.8) is 0 Å². The van der Waals surface area contributed by atoms with Crippen LogP contribution in [0.15, 0.2) is 18.2 Å². The van der Waals surface area contributed by atoms with Crippen LogP contribution in [0.1, 0.15) is 18.1 Å². The van der Waals surface area contributed by atoms with Crippen LogP contribution in [0.4, 0.5) is 0 Å². The van der Waals surface area contributed by atoms with Gasteiger partial charge in [0.25, 0.3) is 0 Å². The van der Waals surface area contributed by atoms with E-state index < -0.39 is 0 Å². The monoisotopic (exact) mass is 246 g/mol. The molecule has 10 heavy (non-hydrogen) atoms. The van der Waals surface area contributed by atoms with Crippen molar-refractivity contribution >= 4 is 22.6 Å². The molecule has 0 aliphatic carbocycles. The molecule has 0 nitrogen and oxygen atoms in total. The Kier molecular flexibility index (Phi) is 2.72. The normalized spacial score (nSPS) is 9.90. The number of benzene rings is 1. The van der Waals surface area contributed by atoms with E-state index in [1.807, 2.05) is 0 Å². The maximum Gasteiger partial charge on any atom is 0.0191 e. The highest BCUT2D eigenvalue weighted by atomic mass is 127. The quantitative estimate of drug-likeness (QED) is 0.667. The van der Waals surface area contributed by atoms with Gasteiger partial charge >= 0.3 is 0 Å². The lowest BCUT2D eigenvalue weighted by atomic mass is 10.1. The fourth-order valence-corrected chi connectivity index (χ4v) is 1.72. The van der Waals surface area contributed by atoms with Gasteiger partial charge in [0.1, 0.15) is 0 Å². The lowest BCUT2D eigenvalue weighted by Crippen LogP contribution is -1.87. The molecule has 1 aromatic carbocycles. The van der Waals surface area contributed by atoms with E-state index in [1.165, 1.54) is 14.7 Å². The minimum absolute atomic E-state index is 1.14. The predicted molar refractivity (Wildman–Crippen MR) is 53.3 cm³/mol. The van der Waals surface area contributed by atoms with Gasteiger partial charge in [-0.2, -0.15) is 0 Å². The summed E-state index contributed by atoms with van der Waals surface area (Å²) in [4.78, 5) is 0. The summed E-state index contributed by atoms with van der Waals surface area (Å²) in [5.74, 6) is 0. The third-order valence-electron chi connectivity index (χ3n) is 1.65. The second-order valence-corrected chi connectivity index (χ2v) is 3.48. The van der Waals surface area contributed by atoms with Crippen molar-refractivity contribution in [3.8, 4) is 0 Å². The molecule has 0 bridgehead atoms. The average molecular weight is 246 g/mol. The summed E-state index contributed by atoms with van der Waals surface area (Å²) in [6.45, 7) is 4.35. The molecule has 0 atom stereocenters. The molecule has 0 saturated carbocycles. The third-order valence-corrected chi connectivity index (χ3v) is 3.20. The topological polar surface area (TPSA) is 0 Å². The molecule has 0 aliphatic rings. The molecule has 1 heteroatoms. The maximum atomic E-state index is 2.40. The van der Waals surface area contributed by atoms with Crippen LogP contribution in [0.25, 0.3) is 0 Å². The lowest BCUT2D eigenvalue weighted by molar-refractivity contribution is 1.11. The summed E-state index contributed by atoms with van der Waals surface area (Å²) in [6.07, 6.45) is 1.14. The lowest BCUT2D eigenvalue weighted by Gasteiger charge is -2.02. The number of halogens is 1. The average Bonchev–Trinajstić information content (AvgIpc) is 1.95. The van der Waals surface area contributed by atoms with Gasteiger partial charge in [-0.25, -0.2) is 0 Å². The van der Waals surface area contributed by atoms with Gasteiger partial charge in [0.2, 0.25) is 0 Å². The number of hydrogen-bond acceptors (Lipinski definition) is 0. The van der Waals surface area contributed by atoms with E-state index in [-0.39, 0.29) is 0 Å². The van der Waals surface area contributed by atoms with Crippen molar-refractivity contribution in [2.45, 2.75) is 20.3 Å². The molecule has 0 heterocycles. The number of hydrogen-bond donors (Lipinski definition) is 0. The van der Waals surface area contributed by atoms with Gasteiger partial charge in [0.15, 0.2) is 0 Å². The van der Waals surface area contributed by atoms with E-state index in [1.54, 1.807) is 0 Å². The molecule has 1 rings (SSSR count). The SMILES string of the molecule is CCc1cccc(C)c1I. The molecule has 0 amide bonds. The van der Waals surface area contributed by atoms with Crippen LogP contribution in [0, 0.1) is 10.5 Å². The fourth-order valence-electron chi connectivity index (χ4n) is 0.981. The molecule has 0 fully saturated rings. The molecule has 54 valence electrons. The first-order valence-electron chi connectivity index (χ1n) is 3.49. The Morgan fingerprint density at radius 3 is 2.60 bits per heavy atom. The van der Waals surface area contributed by atoms with Crippen LogP contribution < -0.4 is 0 Å². The smallest absolute Gasteiger partial charge is 0.0191 e. The summed E-state index contributed by atoms with van der Waals surface area (Å²) in [5.41, 5.74) is 2.85. The van der Waals surface area contributed by atoms with Gasteiger partial charge in [0.05, 0.1) is 0 Å². The minimum Gasteiger partial charge on any atom is -0.0617 e. The highest BCUT2D eigenvalue weighted by Gasteiger charge is 1.97. The second-order valence-electron chi connectivity index (χ2n) is 2.40. The Bertz CT molecular complexity index is 228. The maximum absolute atomic E-state index is 2.40. The Morgan fingerprint density at radius 1 is 1.40 bits per heavy atom. The Hall–Kier alpha value is -0.0500. The summed E-state index contributed by atoms with van der Waals surface area (Å²) in [7, 11) is 0. The second kappa shape index (κ2) is 3.37. The Labute approximate surface area is 75.8 Å². The summed E-state index contributed by atoms with van der Waals surface area (Å²) >= 11 is 2.40. The van der Waals surface area contributed by atoms with E-state index in [2.05, 4.69) is 54.6 Å². The zero-order chi connectivity index (χ0) is 7.56. The minimum atomic E-state index is 1.14. The highest BCUT2D eigenvalue weighted by Crippen LogP contribution is 2.16. The van der Waals surface area contributed by atoms with Crippen molar-refractivity contribution in [3.05, 3.63) is 32.9 Å². The first-order valence-corrected chi connectivity index (χ1v) is 4.57. The van der Waals surface area contributed by atoms with Crippen molar-refractivity contribution in [1.29, 1.82) is 0 Å². The number of rotatable bonds is 1. The van der Waals surface area contributed by atoms with E-state index in [0.29, 0.717) is 0 Å². The van der Waals surface area contributed by atoms with Crippen molar-refractivity contribution in [2.24, 2.45) is 0 Å². The van der Waals surface area contributed by atoms with E-state index in [4.69, 9.17) is 0 Å². The fraction of sp³-hybridized carbons (Fsp3) is 0.333. The van der Waals surface area contributed by atoms with Crippen molar-refractivity contribution in [1.82, 2.24) is 0 Å². The van der Waals surface area contributed by atoms with Crippen LogP contribution >= 0.6 is 22.6 Å². The zero-order valence-electron chi connectivity index (χ0n) is 6.32. The molecular formula is C9H11I. The van der Waals surface area contributed by atoms with Crippen LogP contribution in [0.3, 0.4) is 0 Å². The van der Waals surface area contributed by atoms with Gasteiger partial charge in [0, 0.05) is 3.57 Å². The number of aryl methyl sites for hydroxylation is 2. The van der Waals surface area contributed by atoms with Crippen molar-refractivity contribution in [2.75, 3.05) is 0 Å². The Morgan fingerprint density at radius 2 is 2.10 bits per heavy atom. The van der Waals surface area contributed by atoms with E-state index >= 15 is 0 Å². The molecule has 0 N–H and O–H groups in total. The molecule has 0 spiro atoms. The molecule has 0 radical (unpaired) electrons. The largest absolute Gasteiger partial charge is 0.0617 e. The van der Waals surface area contributed by atoms with Crippen LogP contribution in [0.2, 0.25) is 0 Å². The molecule has 0 aliphatic heterocycles. The van der Waals surface area contributed by atoms with E-state index in [0.717, 1.165) is 6.42 Å². The molecule has 1 aromatic rings. The predicted octanol–water partition coefficient (Wildman–Crippen LogP) is 3.16. The third kappa shape index (κ3) is 1.51. The summed E-state index contributed by atoms with van der Waals surface area (Å²) in [5, 5.41) is 0. The van der Waals surface area contributed by atoms with Crippen LogP contribution in [-0.4, -0.2) is 0 Å². The molecule has 0 unspecified atom stereocenters. The van der Waals surface area contributed by atoms with Gasteiger partial charge in [-0.3, -0.25) is 0 Å². The van der Waals surface area contributed by atoms with Crippen LogP contribution in [-0.2, 0) is 6.42 Å². The summed E-state index contributed by atoms with van der Waals surface area (Å²) < 4.78 is 1.42. The molecular weight excluding hydrogens is 235 g/mol. The highest BCUT2D eigenvalue weighted by molar-refractivity contribution is 14.1. The zero-order valence-corrected chi connectivity index (χ0v) is 8.47. The van der Waals surface area contributed by atoms with Gasteiger partial charge in [-0.1, -0.05) is 25.1 Å². The molecule has 0 aromatic heterocycles. The van der Waals surface area contributed by atoms with Crippen LogP contribution in [0.5, 0.6) is 0 Å². The van der Waals surface area contributed by atoms with Crippen molar-refractivity contribution < 1.29 is 0 Å². The van der Waals surface area contributed by atoms with E-state index in [9.17, 15) is 0 Å². The van der Waals surface area contributed by atoms with Gasteiger partial charge < -0.3 is 0 Å². The molecule has 0 saturated heterocycles. The summed E-state index contributed by atoms with van der Waals surface area (Å²) in [6, 6.07) is 6.46. The Balaban J connectivity index is 3.14. The van der Waals surface area contributed by atoms with Gasteiger partial charge in [-0.05, 0) is 47.1 Å². The first-order chi connectivity index (χ1) is 4.75.